The molecule has 1 unspecified atom stereocenters. The van der Waals surface area contributed by atoms with Gasteiger partial charge in [-0.3, -0.25) is 0 Å². The molecule has 0 bridgehead atoms. The molecule has 1 aliphatic heterocycles. The van der Waals surface area contributed by atoms with Crippen LogP contribution >= 0.6 is 15.9 Å². The summed E-state index contributed by atoms with van der Waals surface area (Å²) in [5.74, 6) is 0.878. The molecule has 2 rings (SSSR count). The van der Waals surface area contributed by atoms with Crippen LogP contribution in [0, 0.1) is 0 Å². The Morgan fingerprint density at radius 3 is 3.06 bits per heavy atom. The molecule has 0 fully saturated rings. The van der Waals surface area contributed by atoms with E-state index in [1.807, 2.05) is 12.1 Å². The molecule has 16 heavy (non-hydrogen) atoms. The van der Waals surface area contributed by atoms with Crippen molar-refractivity contribution in [1.82, 2.24) is 0 Å². The molecule has 0 aliphatic carbocycles. The highest BCUT2D eigenvalue weighted by Crippen LogP contribution is 2.34. The number of hydrogen-bond donors (Lipinski definition) is 1. The second-order valence-electron chi connectivity index (χ2n) is 4.03. The van der Waals surface area contributed by atoms with Gasteiger partial charge >= 0.3 is 0 Å². The Morgan fingerprint density at radius 1 is 1.50 bits per heavy atom. The van der Waals surface area contributed by atoms with Gasteiger partial charge in [-0.25, -0.2) is 4.39 Å². The average molecular weight is 288 g/mol. The van der Waals surface area contributed by atoms with Gasteiger partial charge in [0.15, 0.2) is 0 Å². The van der Waals surface area contributed by atoms with Crippen LogP contribution < -0.4 is 10.5 Å². The quantitative estimate of drug-likeness (QED) is 0.924. The van der Waals surface area contributed by atoms with Gasteiger partial charge in [0.25, 0.3) is 0 Å². The summed E-state index contributed by atoms with van der Waals surface area (Å²) in [5.41, 5.74) is 7.46. The number of fused-ring (bicyclic) bond motifs is 1. The molecule has 1 aliphatic rings. The molecular formula is C12H15BrFNO. The van der Waals surface area contributed by atoms with Crippen LogP contribution in [0.2, 0.25) is 0 Å². The van der Waals surface area contributed by atoms with Gasteiger partial charge < -0.3 is 10.5 Å². The lowest BCUT2D eigenvalue weighted by molar-refractivity contribution is 0.307. The summed E-state index contributed by atoms with van der Waals surface area (Å²) in [6.07, 6.45) is 0.822. The van der Waals surface area contributed by atoms with Crippen molar-refractivity contribution < 1.29 is 9.13 Å². The molecule has 0 radical (unpaired) electrons. The third-order valence-corrected chi connectivity index (χ3v) is 3.20. The van der Waals surface area contributed by atoms with Gasteiger partial charge in [0.2, 0.25) is 0 Å². The van der Waals surface area contributed by atoms with Crippen molar-refractivity contribution in [3.63, 3.8) is 0 Å². The van der Waals surface area contributed by atoms with Gasteiger partial charge in [-0.2, -0.15) is 0 Å². The first-order chi connectivity index (χ1) is 7.70. The average Bonchev–Trinajstić information content (AvgIpc) is 2.65. The molecule has 0 amide bonds. The summed E-state index contributed by atoms with van der Waals surface area (Å²) >= 11 is 3.44. The van der Waals surface area contributed by atoms with E-state index in [-0.39, 0.29) is 0 Å². The van der Waals surface area contributed by atoms with Gasteiger partial charge in [-0.15, -0.1) is 0 Å². The number of benzene rings is 1. The highest BCUT2D eigenvalue weighted by Gasteiger charge is 2.19. The first-order valence-corrected chi connectivity index (χ1v) is 6.28. The first-order valence-electron chi connectivity index (χ1n) is 5.49. The molecule has 2 N–H and O–H groups in total. The molecule has 2 nitrogen and oxygen atoms in total. The van der Waals surface area contributed by atoms with Gasteiger partial charge in [0.1, 0.15) is 11.9 Å². The Kier molecular flexibility index (Phi) is 3.82. The smallest absolute Gasteiger partial charge is 0.125 e. The van der Waals surface area contributed by atoms with Crippen LogP contribution in [-0.4, -0.2) is 19.3 Å². The minimum atomic E-state index is -0.882. The van der Waals surface area contributed by atoms with E-state index < -0.39 is 6.17 Å². The van der Waals surface area contributed by atoms with Crippen molar-refractivity contribution in [3.8, 4) is 5.75 Å². The Morgan fingerprint density at radius 2 is 2.31 bits per heavy atom. The second-order valence-corrected chi connectivity index (χ2v) is 4.95. The van der Waals surface area contributed by atoms with Gasteiger partial charge in [0, 0.05) is 17.3 Å². The predicted octanol–water partition coefficient (Wildman–Crippen LogP) is 2.61. The summed E-state index contributed by atoms with van der Waals surface area (Å²) in [7, 11) is 0. The molecule has 1 aromatic carbocycles. The summed E-state index contributed by atoms with van der Waals surface area (Å²) in [5, 5.41) is 0. The highest BCUT2D eigenvalue weighted by atomic mass is 79.9. The van der Waals surface area contributed by atoms with E-state index in [1.165, 1.54) is 5.56 Å². The number of halogens is 2. The lowest BCUT2D eigenvalue weighted by Gasteiger charge is -2.11. The molecule has 1 heterocycles. The third kappa shape index (κ3) is 2.55. The van der Waals surface area contributed by atoms with Gasteiger partial charge in [-0.05, 0) is 36.2 Å². The van der Waals surface area contributed by atoms with E-state index in [9.17, 15) is 4.39 Å². The number of hydrogen-bond acceptors (Lipinski definition) is 2. The Labute approximate surface area is 103 Å². The van der Waals surface area contributed by atoms with Crippen LogP contribution in [0.25, 0.3) is 0 Å². The van der Waals surface area contributed by atoms with Crippen molar-refractivity contribution in [3.05, 3.63) is 27.7 Å². The number of nitrogens with two attached hydrogens (primary N) is 1. The number of rotatable bonds is 4. The molecule has 0 saturated carbocycles. The molecule has 1 aromatic rings. The van der Waals surface area contributed by atoms with E-state index in [1.54, 1.807) is 0 Å². The molecule has 0 spiro atoms. The van der Waals surface area contributed by atoms with Crippen LogP contribution in [-0.2, 0) is 12.8 Å². The third-order valence-electron chi connectivity index (χ3n) is 2.75. The fourth-order valence-electron chi connectivity index (χ4n) is 2.02. The van der Waals surface area contributed by atoms with Gasteiger partial charge in [-0.1, -0.05) is 15.9 Å². The summed E-state index contributed by atoms with van der Waals surface area (Å²) < 4.78 is 20.1. The topological polar surface area (TPSA) is 35.2 Å². The van der Waals surface area contributed by atoms with Gasteiger partial charge in [0.05, 0.1) is 6.61 Å². The van der Waals surface area contributed by atoms with Crippen molar-refractivity contribution >= 4 is 15.9 Å². The standard InChI is InChI=1S/C12H15BrFNO/c13-10-5-8-2-4-16-12(8)9(6-10)7-11(14)1-3-15/h5-6,11H,1-4,7,15H2. The Bertz CT molecular complexity index is 384. The molecule has 0 saturated heterocycles. The maximum absolute atomic E-state index is 13.5. The minimum absolute atomic E-state index is 0.387. The summed E-state index contributed by atoms with van der Waals surface area (Å²) in [6.45, 7) is 1.09. The molecule has 4 heteroatoms. The maximum Gasteiger partial charge on any atom is 0.125 e. The lowest BCUT2D eigenvalue weighted by Crippen LogP contribution is -2.12. The zero-order chi connectivity index (χ0) is 11.5. The molecular weight excluding hydrogens is 273 g/mol. The zero-order valence-electron chi connectivity index (χ0n) is 9.01. The van der Waals surface area contributed by atoms with E-state index in [0.29, 0.717) is 26.0 Å². The first kappa shape index (κ1) is 11.9. The fourth-order valence-corrected chi connectivity index (χ4v) is 2.57. The maximum atomic E-state index is 13.5. The van der Waals surface area contributed by atoms with E-state index in [2.05, 4.69) is 15.9 Å². The van der Waals surface area contributed by atoms with E-state index >= 15 is 0 Å². The number of ether oxygens (including phenoxy) is 1. The van der Waals surface area contributed by atoms with Crippen molar-refractivity contribution in [2.75, 3.05) is 13.2 Å². The van der Waals surface area contributed by atoms with E-state index in [4.69, 9.17) is 10.5 Å². The minimum Gasteiger partial charge on any atom is -0.493 e. The monoisotopic (exact) mass is 287 g/mol. The zero-order valence-corrected chi connectivity index (χ0v) is 10.6. The lowest BCUT2D eigenvalue weighted by atomic mass is 10.0. The summed E-state index contributed by atoms with van der Waals surface area (Å²) in [6, 6.07) is 3.98. The van der Waals surface area contributed by atoms with Crippen LogP contribution in [0.15, 0.2) is 16.6 Å². The highest BCUT2D eigenvalue weighted by molar-refractivity contribution is 9.10. The van der Waals surface area contributed by atoms with Crippen molar-refractivity contribution in [2.24, 2.45) is 5.73 Å². The van der Waals surface area contributed by atoms with E-state index in [0.717, 1.165) is 22.2 Å². The molecule has 1 atom stereocenters. The SMILES string of the molecule is NCCC(F)Cc1cc(Br)cc2c1OCC2. The Hall–Kier alpha value is -0.610. The predicted molar refractivity (Wildman–Crippen MR) is 65.6 cm³/mol. The molecule has 0 aromatic heterocycles. The van der Waals surface area contributed by atoms with Crippen LogP contribution in [0.4, 0.5) is 4.39 Å². The van der Waals surface area contributed by atoms with Crippen molar-refractivity contribution in [2.45, 2.75) is 25.4 Å². The fraction of sp³-hybridized carbons (Fsp3) is 0.500. The van der Waals surface area contributed by atoms with Crippen LogP contribution in [0.5, 0.6) is 5.75 Å². The second kappa shape index (κ2) is 5.15. The summed E-state index contributed by atoms with van der Waals surface area (Å²) in [4.78, 5) is 0. The normalized spacial score (nSPS) is 15.7. The molecule has 88 valence electrons. The van der Waals surface area contributed by atoms with Crippen molar-refractivity contribution in [1.29, 1.82) is 0 Å². The largest absolute Gasteiger partial charge is 0.493 e. The van der Waals surface area contributed by atoms with Crippen LogP contribution in [0.1, 0.15) is 17.5 Å². The van der Waals surface area contributed by atoms with Crippen LogP contribution in [0.3, 0.4) is 0 Å². The Balaban J connectivity index is 2.20. The number of alkyl halides is 1.